The van der Waals surface area contributed by atoms with Gasteiger partial charge in [-0.2, -0.15) is 0 Å². The molecule has 0 aliphatic heterocycles. The predicted octanol–water partition coefficient (Wildman–Crippen LogP) is 3.62. The lowest BCUT2D eigenvalue weighted by atomic mass is 10.0. The van der Waals surface area contributed by atoms with Crippen LogP contribution in [0.4, 0.5) is 10.1 Å². The Balaban J connectivity index is 2.16. The number of para-hydroxylation sites is 2. The number of nitrogens with one attached hydrogen (secondary N) is 2. The smallest absolute Gasteiger partial charge is 0.255 e. The third-order valence-electron chi connectivity index (χ3n) is 3.80. The van der Waals surface area contributed by atoms with E-state index in [0.29, 0.717) is 17.9 Å². The quantitative estimate of drug-likeness (QED) is 0.794. The zero-order valence-corrected chi connectivity index (χ0v) is 15.1. The zero-order chi connectivity index (χ0) is 19.1. The third kappa shape index (κ3) is 4.81. The molecule has 2 rings (SSSR count). The second-order valence-electron chi connectivity index (χ2n) is 6.09. The van der Waals surface area contributed by atoms with Crippen molar-refractivity contribution in [3.63, 3.8) is 0 Å². The number of hydrogen-bond acceptors (Lipinski definition) is 3. The van der Waals surface area contributed by atoms with Gasteiger partial charge in [-0.1, -0.05) is 38.1 Å². The summed E-state index contributed by atoms with van der Waals surface area (Å²) in [4.78, 5) is 25.2. The summed E-state index contributed by atoms with van der Waals surface area (Å²) in [5, 5.41) is 5.25. The first-order valence-electron chi connectivity index (χ1n) is 8.52. The molecule has 0 heterocycles. The molecule has 6 heteroatoms. The van der Waals surface area contributed by atoms with Crippen LogP contribution < -0.4 is 15.4 Å². The van der Waals surface area contributed by atoms with Crippen LogP contribution in [0.15, 0.2) is 48.5 Å². The zero-order valence-electron chi connectivity index (χ0n) is 15.1. The van der Waals surface area contributed by atoms with Gasteiger partial charge in [0.25, 0.3) is 5.91 Å². The Morgan fingerprint density at radius 1 is 1.08 bits per heavy atom. The van der Waals surface area contributed by atoms with Crippen molar-refractivity contribution in [2.24, 2.45) is 5.92 Å². The molecule has 0 spiro atoms. The summed E-state index contributed by atoms with van der Waals surface area (Å²) in [5.41, 5.74) is 0.422. The van der Waals surface area contributed by atoms with Crippen LogP contribution in [-0.2, 0) is 4.79 Å². The summed E-state index contributed by atoms with van der Waals surface area (Å²) < 4.78 is 19.2. The molecule has 0 fully saturated rings. The van der Waals surface area contributed by atoms with E-state index in [2.05, 4.69) is 10.6 Å². The lowest BCUT2D eigenvalue weighted by Gasteiger charge is -2.22. The Bertz CT molecular complexity index is 777. The summed E-state index contributed by atoms with van der Waals surface area (Å²) in [6.45, 7) is 5.86. The van der Waals surface area contributed by atoms with E-state index in [9.17, 15) is 14.0 Å². The number of halogens is 1. The number of benzene rings is 2. The topological polar surface area (TPSA) is 67.4 Å². The standard InChI is InChI=1S/C20H23FN2O3/c1-4-26-17-12-8-5-9-14(17)19(24)23-18(13(2)3)20(25)22-16-11-7-6-10-15(16)21/h5-13,18H,4H2,1-3H3,(H,22,25)(H,23,24)/t18-/m0/s1. The summed E-state index contributed by atoms with van der Waals surface area (Å²) in [7, 11) is 0. The van der Waals surface area contributed by atoms with Crippen molar-refractivity contribution in [3.05, 3.63) is 59.9 Å². The van der Waals surface area contributed by atoms with Crippen molar-refractivity contribution in [1.82, 2.24) is 5.32 Å². The van der Waals surface area contributed by atoms with Crippen LogP contribution in [0.25, 0.3) is 0 Å². The number of hydrogen-bond donors (Lipinski definition) is 2. The molecule has 0 aliphatic carbocycles. The van der Waals surface area contributed by atoms with E-state index in [1.807, 2.05) is 6.92 Å². The number of anilines is 1. The van der Waals surface area contributed by atoms with E-state index < -0.39 is 23.7 Å². The van der Waals surface area contributed by atoms with E-state index in [-0.39, 0.29) is 11.6 Å². The number of amides is 2. The minimum absolute atomic E-state index is 0.0760. The monoisotopic (exact) mass is 358 g/mol. The van der Waals surface area contributed by atoms with E-state index in [0.717, 1.165) is 0 Å². The van der Waals surface area contributed by atoms with Crippen molar-refractivity contribution in [2.45, 2.75) is 26.8 Å². The van der Waals surface area contributed by atoms with Crippen molar-refractivity contribution in [2.75, 3.05) is 11.9 Å². The van der Waals surface area contributed by atoms with Gasteiger partial charge < -0.3 is 15.4 Å². The Morgan fingerprint density at radius 2 is 1.73 bits per heavy atom. The van der Waals surface area contributed by atoms with E-state index >= 15 is 0 Å². The molecule has 138 valence electrons. The number of carbonyl (C=O) groups excluding carboxylic acids is 2. The highest BCUT2D eigenvalue weighted by molar-refractivity contribution is 6.02. The molecule has 1 atom stereocenters. The first-order chi connectivity index (χ1) is 12.4. The summed E-state index contributed by atoms with van der Waals surface area (Å²) >= 11 is 0. The minimum Gasteiger partial charge on any atom is -0.493 e. The third-order valence-corrected chi connectivity index (χ3v) is 3.80. The van der Waals surface area contributed by atoms with Gasteiger partial charge in [-0.3, -0.25) is 9.59 Å². The maximum absolute atomic E-state index is 13.8. The molecule has 2 aromatic rings. The van der Waals surface area contributed by atoms with E-state index in [4.69, 9.17) is 4.74 Å². The second-order valence-corrected chi connectivity index (χ2v) is 6.09. The lowest BCUT2D eigenvalue weighted by molar-refractivity contribution is -0.118. The van der Waals surface area contributed by atoms with Crippen LogP contribution in [0.1, 0.15) is 31.1 Å². The van der Waals surface area contributed by atoms with E-state index in [1.165, 1.54) is 18.2 Å². The van der Waals surface area contributed by atoms with Crippen LogP contribution in [0.3, 0.4) is 0 Å². The maximum Gasteiger partial charge on any atom is 0.255 e. The number of ether oxygens (including phenoxy) is 1. The Kier molecular flexibility index (Phi) is 6.72. The fraction of sp³-hybridized carbons (Fsp3) is 0.300. The van der Waals surface area contributed by atoms with Gasteiger partial charge in [0.1, 0.15) is 17.6 Å². The van der Waals surface area contributed by atoms with Crippen molar-refractivity contribution in [3.8, 4) is 5.75 Å². The van der Waals surface area contributed by atoms with Gasteiger partial charge in [0.2, 0.25) is 5.91 Å². The van der Waals surface area contributed by atoms with E-state index in [1.54, 1.807) is 44.2 Å². The highest BCUT2D eigenvalue weighted by Crippen LogP contribution is 2.19. The number of carbonyl (C=O) groups is 2. The fourth-order valence-electron chi connectivity index (χ4n) is 2.46. The lowest BCUT2D eigenvalue weighted by Crippen LogP contribution is -2.47. The summed E-state index contributed by atoms with van der Waals surface area (Å²) in [6, 6.07) is 11.9. The van der Waals surface area contributed by atoms with Crippen LogP contribution >= 0.6 is 0 Å². The van der Waals surface area contributed by atoms with Gasteiger partial charge in [-0.15, -0.1) is 0 Å². The molecule has 2 N–H and O–H groups in total. The average Bonchev–Trinajstić information content (AvgIpc) is 2.61. The van der Waals surface area contributed by atoms with Crippen LogP contribution in [-0.4, -0.2) is 24.5 Å². The molecule has 0 saturated carbocycles. The summed E-state index contributed by atoms with van der Waals surface area (Å²) in [5.74, 6) is -1.17. The molecule has 26 heavy (non-hydrogen) atoms. The van der Waals surface area contributed by atoms with Gasteiger partial charge in [0, 0.05) is 0 Å². The Labute approximate surface area is 152 Å². The normalized spacial score (nSPS) is 11.7. The Morgan fingerprint density at radius 3 is 2.38 bits per heavy atom. The molecular formula is C20H23FN2O3. The first-order valence-corrected chi connectivity index (χ1v) is 8.52. The first kappa shape index (κ1) is 19.4. The summed E-state index contributed by atoms with van der Waals surface area (Å²) in [6.07, 6.45) is 0. The largest absolute Gasteiger partial charge is 0.493 e. The predicted molar refractivity (Wildman–Crippen MR) is 98.7 cm³/mol. The van der Waals surface area contributed by atoms with Crippen LogP contribution in [0.5, 0.6) is 5.75 Å². The van der Waals surface area contributed by atoms with Crippen LogP contribution in [0, 0.1) is 11.7 Å². The maximum atomic E-state index is 13.8. The molecule has 2 aromatic carbocycles. The number of rotatable bonds is 7. The molecule has 0 unspecified atom stereocenters. The second kappa shape index (κ2) is 8.99. The van der Waals surface area contributed by atoms with Crippen LogP contribution in [0.2, 0.25) is 0 Å². The SMILES string of the molecule is CCOc1ccccc1C(=O)N[C@H](C(=O)Nc1ccccc1F)C(C)C. The molecule has 5 nitrogen and oxygen atoms in total. The van der Waals surface area contributed by atoms with Crippen molar-refractivity contribution < 1.29 is 18.7 Å². The van der Waals surface area contributed by atoms with Gasteiger partial charge in [-0.25, -0.2) is 4.39 Å². The van der Waals surface area contributed by atoms with Crippen molar-refractivity contribution >= 4 is 17.5 Å². The molecule has 0 bridgehead atoms. The van der Waals surface area contributed by atoms with Crippen molar-refractivity contribution in [1.29, 1.82) is 0 Å². The fourth-order valence-corrected chi connectivity index (χ4v) is 2.46. The molecule has 0 radical (unpaired) electrons. The molecule has 0 saturated heterocycles. The minimum atomic E-state index is -0.822. The Hall–Kier alpha value is -2.89. The van der Waals surface area contributed by atoms with Gasteiger partial charge in [0.05, 0.1) is 17.9 Å². The highest BCUT2D eigenvalue weighted by atomic mass is 19.1. The molecule has 0 aliphatic rings. The average molecular weight is 358 g/mol. The molecule has 2 amide bonds. The van der Waals surface area contributed by atoms with Gasteiger partial charge >= 0.3 is 0 Å². The molecule has 0 aromatic heterocycles. The molecular weight excluding hydrogens is 335 g/mol. The highest BCUT2D eigenvalue weighted by Gasteiger charge is 2.26. The van der Waals surface area contributed by atoms with Gasteiger partial charge in [0.15, 0.2) is 0 Å². The van der Waals surface area contributed by atoms with Gasteiger partial charge in [-0.05, 0) is 37.1 Å².